The zero-order valence-corrected chi connectivity index (χ0v) is 13.4. The van der Waals surface area contributed by atoms with Crippen molar-refractivity contribution in [2.75, 3.05) is 13.1 Å². The van der Waals surface area contributed by atoms with Crippen molar-refractivity contribution in [2.45, 2.75) is 77.0 Å². The van der Waals surface area contributed by atoms with Gasteiger partial charge in [-0.1, -0.05) is 32.6 Å². The van der Waals surface area contributed by atoms with Crippen molar-refractivity contribution in [1.82, 2.24) is 19.8 Å². The number of hydrogen-bond acceptors (Lipinski definition) is 3. The average molecular weight is 290 g/mol. The summed E-state index contributed by atoms with van der Waals surface area (Å²) in [6.07, 6.45) is 13.6. The Morgan fingerprint density at radius 2 is 2.05 bits per heavy atom. The van der Waals surface area contributed by atoms with Gasteiger partial charge < -0.3 is 9.88 Å². The summed E-state index contributed by atoms with van der Waals surface area (Å²) in [5.74, 6) is 1.25. The van der Waals surface area contributed by atoms with Crippen LogP contribution in [0.5, 0.6) is 0 Å². The van der Waals surface area contributed by atoms with Crippen molar-refractivity contribution < 1.29 is 0 Å². The fraction of sp³-hybridized carbons (Fsp3) is 0.824. The highest BCUT2D eigenvalue weighted by Crippen LogP contribution is 2.25. The Balaban J connectivity index is 1.69. The first kappa shape index (κ1) is 15.0. The fourth-order valence-electron chi connectivity index (χ4n) is 3.94. The number of nitrogens with zero attached hydrogens (tertiary/aromatic N) is 3. The molecule has 2 atom stereocenters. The van der Waals surface area contributed by atoms with Gasteiger partial charge in [-0.15, -0.1) is 0 Å². The topological polar surface area (TPSA) is 33.1 Å². The first-order valence-electron chi connectivity index (χ1n) is 8.86. The molecular formula is C17H30N4. The molecule has 1 N–H and O–H groups in total. The summed E-state index contributed by atoms with van der Waals surface area (Å²) in [5, 5.41) is 3.84. The Hall–Kier alpha value is -0.870. The monoisotopic (exact) mass is 290 g/mol. The van der Waals surface area contributed by atoms with E-state index in [1.807, 2.05) is 6.20 Å². The lowest BCUT2D eigenvalue weighted by Gasteiger charge is -2.40. The van der Waals surface area contributed by atoms with Gasteiger partial charge in [-0.25, -0.2) is 4.98 Å². The van der Waals surface area contributed by atoms with Gasteiger partial charge in [0.2, 0.25) is 0 Å². The summed E-state index contributed by atoms with van der Waals surface area (Å²) in [6.45, 7) is 6.74. The third-order valence-electron chi connectivity index (χ3n) is 5.13. The number of nitrogens with one attached hydrogen (secondary N) is 1. The molecule has 0 spiro atoms. The van der Waals surface area contributed by atoms with E-state index in [4.69, 9.17) is 0 Å². The highest BCUT2D eigenvalue weighted by molar-refractivity contribution is 4.98. The molecule has 2 heterocycles. The van der Waals surface area contributed by atoms with Crippen molar-refractivity contribution >= 4 is 0 Å². The van der Waals surface area contributed by atoms with E-state index in [0.717, 1.165) is 19.6 Å². The normalized spacial score (nSPS) is 27.9. The van der Waals surface area contributed by atoms with E-state index in [9.17, 15) is 0 Å². The Kier molecular flexibility index (Phi) is 5.31. The second-order valence-corrected chi connectivity index (χ2v) is 6.63. The van der Waals surface area contributed by atoms with Crippen LogP contribution in [0.25, 0.3) is 0 Å². The smallest absolute Gasteiger partial charge is 0.122 e. The van der Waals surface area contributed by atoms with Gasteiger partial charge in [0.05, 0.1) is 6.54 Å². The number of aromatic nitrogens is 2. The number of imidazole rings is 1. The predicted molar refractivity (Wildman–Crippen MR) is 86.2 cm³/mol. The SMILES string of the molecule is CCCNC1CCCCCCC1N1CCn2ccnc2C1. The van der Waals surface area contributed by atoms with Gasteiger partial charge in [0.1, 0.15) is 5.82 Å². The summed E-state index contributed by atoms with van der Waals surface area (Å²) in [4.78, 5) is 7.23. The van der Waals surface area contributed by atoms with Gasteiger partial charge in [-0.2, -0.15) is 0 Å². The van der Waals surface area contributed by atoms with Crippen molar-refractivity contribution in [1.29, 1.82) is 0 Å². The molecule has 1 fully saturated rings. The molecule has 0 saturated heterocycles. The van der Waals surface area contributed by atoms with Crippen LogP contribution in [0.1, 0.15) is 57.7 Å². The van der Waals surface area contributed by atoms with Crippen LogP contribution in [-0.4, -0.2) is 39.6 Å². The van der Waals surface area contributed by atoms with Gasteiger partial charge in [0, 0.05) is 37.6 Å². The van der Waals surface area contributed by atoms with E-state index in [1.165, 1.54) is 57.3 Å². The van der Waals surface area contributed by atoms with Crippen LogP contribution in [0, 0.1) is 0 Å². The summed E-state index contributed by atoms with van der Waals surface area (Å²) in [6, 6.07) is 1.37. The van der Waals surface area contributed by atoms with E-state index in [0.29, 0.717) is 12.1 Å². The standard InChI is InChI=1S/C17H30N4/c1-2-9-18-15-7-5-3-4-6-8-16(15)21-13-12-20-11-10-19-17(20)14-21/h10-11,15-16,18H,2-9,12-14H2,1H3. The van der Waals surface area contributed by atoms with Gasteiger partial charge in [-0.3, -0.25) is 4.90 Å². The molecule has 0 amide bonds. The van der Waals surface area contributed by atoms with E-state index in [1.54, 1.807) is 0 Å². The van der Waals surface area contributed by atoms with Crippen molar-refractivity contribution in [3.63, 3.8) is 0 Å². The highest BCUT2D eigenvalue weighted by atomic mass is 15.3. The van der Waals surface area contributed by atoms with Gasteiger partial charge in [-0.05, 0) is 25.8 Å². The molecule has 118 valence electrons. The third kappa shape index (κ3) is 3.67. The zero-order valence-electron chi connectivity index (χ0n) is 13.4. The number of rotatable bonds is 4. The molecule has 21 heavy (non-hydrogen) atoms. The van der Waals surface area contributed by atoms with Crippen LogP contribution in [0.4, 0.5) is 0 Å². The lowest BCUT2D eigenvalue weighted by molar-refractivity contribution is 0.102. The van der Waals surface area contributed by atoms with Crippen LogP contribution < -0.4 is 5.32 Å². The Morgan fingerprint density at radius 1 is 1.19 bits per heavy atom. The quantitative estimate of drug-likeness (QED) is 0.925. The molecule has 1 saturated carbocycles. The van der Waals surface area contributed by atoms with Crippen molar-refractivity contribution in [2.24, 2.45) is 0 Å². The van der Waals surface area contributed by atoms with Gasteiger partial charge in [0.15, 0.2) is 0 Å². The molecule has 4 heteroatoms. The maximum absolute atomic E-state index is 4.53. The molecule has 0 bridgehead atoms. The molecule has 1 aliphatic carbocycles. The lowest BCUT2D eigenvalue weighted by Crippen LogP contribution is -2.52. The van der Waals surface area contributed by atoms with E-state index in [2.05, 4.69) is 32.9 Å². The van der Waals surface area contributed by atoms with Crippen LogP contribution in [0.2, 0.25) is 0 Å². The Bertz CT molecular complexity index is 426. The molecule has 3 rings (SSSR count). The molecule has 1 aliphatic heterocycles. The number of hydrogen-bond donors (Lipinski definition) is 1. The molecule has 0 radical (unpaired) electrons. The molecule has 4 nitrogen and oxygen atoms in total. The summed E-state index contributed by atoms with van der Waals surface area (Å²) in [7, 11) is 0. The first-order chi connectivity index (χ1) is 10.4. The largest absolute Gasteiger partial charge is 0.333 e. The minimum atomic E-state index is 0.673. The molecule has 2 aliphatic rings. The van der Waals surface area contributed by atoms with Crippen LogP contribution in [-0.2, 0) is 13.1 Å². The number of fused-ring (bicyclic) bond motifs is 1. The first-order valence-corrected chi connectivity index (χ1v) is 8.86. The summed E-state index contributed by atoms with van der Waals surface area (Å²) >= 11 is 0. The Morgan fingerprint density at radius 3 is 2.90 bits per heavy atom. The molecule has 0 aromatic carbocycles. The second kappa shape index (κ2) is 7.41. The van der Waals surface area contributed by atoms with Crippen LogP contribution >= 0.6 is 0 Å². The maximum atomic E-state index is 4.53. The second-order valence-electron chi connectivity index (χ2n) is 6.63. The van der Waals surface area contributed by atoms with Crippen LogP contribution in [0.3, 0.4) is 0 Å². The van der Waals surface area contributed by atoms with Crippen LogP contribution in [0.15, 0.2) is 12.4 Å². The van der Waals surface area contributed by atoms with Crippen molar-refractivity contribution in [3.8, 4) is 0 Å². The predicted octanol–water partition coefficient (Wildman–Crippen LogP) is 2.79. The third-order valence-corrected chi connectivity index (χ3v) is 5.13. The summed E-state index contributed by atoms with van der Waals surface area (Å²) in [5.41, 5.74) is 0. The van der Waals surface area contributed by atoms with E-state index in [-0.39, 0.29) is 0 Å². The minimum absolute atomic E-state index is 0.673. The van der Waals surface area contributed by atoms with Gasteiger partial charge >= 0.3 is 0 Å². The molecule has 1 aromatic heterocycles. The Labute approximate surface area is 128 Å². The average Bonchev–Trinajstić information content (AvgIpc) is 2.94. The maximum Gasteiger partial charge on any atom is 0.122 e. The van der Waals surface area contributed by atoms with E-state index >= 15 is 0 Å². The summed E-state index contributed by atoms with van der Waals surface area (Å²) < 4.78 is 2.31. The zero-order chi connectivity index (χ0) is 14.5. The lowest BCUT2D eigenvalue weighted by atomic mass is 9.90. The van der Waals surface area contributed by atoms with E-state index < -0.39 is 0 Å². The molecule has 2 unspecified atom stereocenters. The molecule has 1 aromatic rings. The van der Waals surface area contributed by atoms with Gasteiger partial charge in [0.25, 0.3) is 0 Å². The highest BCUT2D eigenvalue weighted by Gasteiger charge is 2.30. The minimum Gasteiger partial charge on any atom is -0.333 e. The van der Waals surface area contributed by atoms with Crippen molar-refractivity contribution in [3.05, 3.63) is 18.2 Å². The molecular weight excluding hydrogens is 260 g/mol. The fourth-order valence-corrected chi connectivity index (χ4v) is 3.94.